The molecule has 3 aromatic rings. The maximum atomic E-state index is 11.9. The van der Waals surface area contributed by atoms with Crippen molar-refractivity contribution in [2.45, 2.75) is 6.54 Å². The van der Waals surface area contributed by atoms with Crippen molar-refractivity contribution in [1.29, 1.82) is 5.26 Å². The monoisotopic (exact) mass is 310 g/mol. The lowest BCUT2D eigenvalue weighted by Crippen LogP contribution is -2.18. The summed E-state index contributed by atoms with van der Waals surface area (Å²) in [5.41, 5.74) is 1.77. The Morgan fingerprint density at radius 1 is 1.22 bits per heavy atom. The van der Waals surface area contributed by atoms with Gasteiger partial charge in [-0.1, -0.05) is 12.1 Å². The van der Waals surface area contributed by atoms with Crippen LogP contribution in [0, 0.1) is 11.3 Å². The number of aromatic nitrogens is 1. The zero-order chi connectivity index (χ0) is 16.2. The lowest BCUT2D eigenvalue weighted by atomic mass is 10.2. The predicted octanol–water partition coefficient (Wildman–Crippen LogP) is 2.55. The van der Waals surface area contributed by atoms with E-state index in [1.165, 1.54) is 11.7 Å². The fourth-order valence-electron chi connectivity index (χ4n) is 2.33. The van der Waals surface area contributed by atoms with Gasteiger partial charge in [-0.2, -0.15) is 5.26 Å². The minimum absolute atomic E-state index is 0.270. The number of para-hydroxylation sites is 2. The number of rotatable bonds is 5. The van der Waals surface area contributed by atoms with Gasteiger partial charge in [-0.25, -0.2) is 4.79 Å². The number of ether oxygens (including phenoxy) is 2. The molecule has 23 heavy (non-hydrogen) atoms. The zero-order valence-corrected chi connectivity index (χ0v) is 12.5. The zero-order valence-electron chi connectivity index (χ0n) is 12.5. The number of methoxy groups -OCH3 is 1. The molecule has 0 aliphatic rings. The molecule has 1 heterocycles. The summed E-state index contributed by atoms with van der Waals surface area (Å²) in [4.78, 5) is 11.9. The molecule has 2 aromatic carbocycles. The molecule has 1 aromatic heterocycles. The number of fused-ring (bicyclic) bond motifs is 1. The lowest BCUT2D eigenvalue weighted by molar-refractivity contribution is 0.277. The van der Waals surface area contributed by atoms with Gasteiger partial charge in [-0.3, -0.25) is 4.57 Å². The molecule has 0 aliphatic heterocycles. The van der Waals surface area contributed by atoms with Crippen LogP contribution in [-0.4, -0.2) is 18.3 Å². The lowest BCUT2D eigenvalue weighted by Gasteiger charge is -2.11. The molecule has 0 aliphatic carbocycles. The van der Waals surface area contributed by atoms with Crippen LogP contribution in [0.15, 0.2) is 51.7 Å². The summed E-state index contributed by atoms with van der Waals surface area (Å²) >= 11 is 0. The third-order valence-corrected chi connectivity index (χ3v) is 3.44. The van der Waals surface area contributed by atoms with E-state index in [1.807, 2.05) is 24.3 Å². The van der Waals surface area contributed by atoms with Crippen molar-refractivity contribution < 1.29 is 13.9 Å². The van der Waals surface area contributed by atoms with Gasteiger partial charge >= 0.3 is 5.76 Å². The Kier molecular flexibility index (Phi) is 4.02. The van der Waals surface area contributed by atoms with Crippen molar-refractivity contribution >= 4 is 11.1 Å². The normalized spacial score (nSPS) is 10.4. The Balaban J connectivity index is 1.76. The standard InChI is InChI=1S/C17H14N2O4/c1-21-16-10-12(11-18)6-7-15(16)22-9-8-19-13-4-2-3-5-14(13)23-17(19)20/h2-7,10H,8-9H2,1H3. The third kappa shape index (κ3) is 2.90. The van der Waals surface area contributed by atoms with Gasteiger partial charge < -0.3 is 13.9 Å². The second-order valence-corrected chi connectivity index (χ2v) is 4.81. The van der Waals surface area contributed by atoms with Crippen LogP contribution in [0.5, 0.6) is 11.5 Å². The number of nitrogens with zero attached hydrogens (tertiary/aromatic N) is 2. The van der Waals surface area contributed by atoms with Gasteiger partial charge in [0.2, 0.25) is 0 Å². The van der Waals surface area contributed by atoms with E-state index in [9.17, 15) is 4.79 Å². The smallest absolute Gasteiger partial charge is 0.420 e. The molecule has 116 valence electrons. The van der Waals surface area contributed by atoms with E-state index in [2.05, 4.69) is 0 Å². The van der Waals surface area contributed by atoms with E-state index in [-0.39, 0.29) is 6.61 Å². The molecule has 0 atom stereocenters. The molecule has 0 N–H and O–H groups in total. The van der Waals surface area contributed by atoms with Crippen LogP contribution in [0.25, 0.3) is 11.1 Å². The third-order valence-electron chi connectivity index (χ3n) is 3.44. The fraction of sp³-hybridized carbons (Fsp3) is 0.176. The van der Waals surface area contributed by atoms with E-state index in [0.717, 1.165) is 5.52 Å². The van der Waals surface area contributed by atoms with E-state index in [1.54, 1.807) is 24.3 Å². The number of benzene rings is 2. The van der Waals surface area contributed by atoms with Crippen LogP contribution in [0.1, 0.15) is 5.56 Å². The average Bonchev–Trinajstić information content (AvgIpc) is 2.90. The topological polar surface area (TPSA) is 77.4 Å². The highest BCUT2D eigenvalue weighted by atomic mass is 16.5. The summed E-state index contributed by atoms with van der Waals surface area (Å²) in [5, 5.41) is 8.89. The second-order valence-electron chi connectivity index (χ2n) is 4.81. The molecule has 0 radical (unpaired) electrons. The first-order chi connectivity index (χ1) is 11.2. The number of oxazole rings is 1. The Morgan fingerprint density at radius 3 is 2.83 bits per heavy atom. The van der Waals surface area contributed by atoms with Gasteiger partial charge in [-0.05, 0) is 24.3 Å². The second kappa shape index (κ2) is 6.28. The van der Waals surface area contributed by atoms with E-state index in [0.29, 0.717) is 29.2 Å². The SMILES string of the molecule is COc1cc(C#N)ccc1OCCn1c(=O)oc2ccccc21. The van der Waals surface area contributed by atoms with Crippen molar-refractivity contribution in [2.24, 2.45) is 0 Å². The Labute approximate surface area is 132 Å². The highest BCUT2D eigenvalue weighted by Gasteiger charge is 2.10. The van der Waals surface area contributed by atoms with E-state index in [4.69, 9.17) is 19.2 Å². The van der Waals surface area contributed by atoms with E-state index < -0.39 is 5.76 Å². The van der Waals surface area contributed by atoms with Gasteiger partial charge in [0.15, 0.2) is 17.1 Å². The highest BCUT2D eigenvalue weighted by molar-refractivity contribution is 5.72. The Bertz CT molecular complexity index is 934. The van der Waals surface area contributed by atoms with Crippen molar-refractivity contribution in [3.63, 3.8) is 0 Å². The minimum atomic E-state index is -0.415. The average molecular weight is 310 g/mol. The first-order valence-electron chi connectivity index (χ1n) is 7.02. The molecule has 0 spiro atoms. The van der Waals surface area contributed by atoms with Gasteiger partial charge in [0.25, 0.3) is 0 Å². The molecule has 0 fully saturated rings. The molecular weight excluding hydrogens is 296 g/mol. The minimum Gasteiger partial charge on any atom is -0.493 e. The van der Waals surface area contributed by atoms with Crippen LogP contribution >= 0.6 is 0 Å². The maximum absolute atomic E-state index is 11.9. The number of hydrogen-bond donors (Lipinski definition) is 0. The van der Waals surface area contributed by atoms with Crippen LogP contribution in [-0.2, 0) is 6.54 Å². The van der Waals surface area contributed by atoms with Gasteiger partial charge in [0.05, 0.1) is 30.8 Å². The summed E-state index contributed by atoms with van der Waals surface area (Å²) in [5.74, 6) is 0.586. The molecule has 6 heteroatoms. The summed E-state index contributed by atoms with van der Waals surface area (Å²) in [6.45, 7) is 0.616. The summed E-state index contributed by atoms with van der Waals surface area (Å²) in [6.07, 6.45) is 0. The molecular formula is C17H14N2O4. The Hall–Kier alpha value is -3.20. The fourth-order valence-corrected chi connectivity index (χ4v) is 2.33. The van der Waals surface area contributed by atoms with E-state index >= 15 is 0 Å². The highest BCUT2D eigenvalue weighted by Crippen LogP contribution is 2.27. The van der Waals surface area contributed by atoms with Crippen molar-refractivity contribution in [3.05, 3.63) is 58.6 Å². The molecule has 6 nitrogen and oxygen atoms in total. The van der Waals surface area contributed by atoms with Crippen LogP contribution in [0.2, 0.25) is 0 Å². The molecule has 3 rings (SSSR count). The number of nitriles is 1. The van der Waals surface area contributed by atoms with Gasteiger partial charge in [-0.15, -0.1) is 0 Å². The summed E-state index contributed by atoms with van der Waals surface area (Å²) in [7, 11) is 1.51. The van der Waals surface area contributed by atoms with Crippen LogP contribution in [0.3, 0.4) is 0 Å². The largest absolute Gasteiger partial charge is 0.493 e. The predicted molar refractivity (Wildman–Crippen MR) is 83.7 cm³/mol. The first-order valence-corrected chi connectivity index (χ1v) is 7.02. The first kappa shape index (κ1) is 14.7. The van der Waals surface area contributed by atoms with Crippen LogP contribution in [0.4, 0.5) is 0 Å². The molecule has 0 amide bonds. The van der Waals surface area contributed by atoms with Crippen molar-refractivity contribution in [3.8, 4) is 17.6 Å². The van der Waals surface area contributed by atoms with Gasteiger partial charge in [0.1, 0.15) is 6.61 Å². The maximum Gasteiger partial charge on any atom is 0.420 e. The summed E-state index contributed by atoms with van der Waals surface area (Å²) < 4.78 is 17.6. The van der Waals surface area contributed by atoms with Crippen molar-refractivity contribution in [1.82, 2.24) is 4.57 Å². The van der Waals surface area contributed by atoms with Crippen molar-refractivity contribution in [2.75, 3.05) is 13.7 Å². The molecule has 0 bridgehead atoms. The Morgan fingerprint density at radius 2 is 2.04 bits per heavy atom. The van der Waals surface area contributed by atoms with Crippen LogP contribution < -0.4 is 15.2 Å². The molecule has 0 saturated heterocycles. The number of hydrogen-bond acceptors (Lipinski definition) is 5. The molecule has 0 unspecified atom stereocenters. The molecule has 0 saturated carbocycles. The van der Waals surface area contributed by atoms with Gasteiger partial charge in [0, 0.05) is 6.07 Å². The quantitative estimate of drug-likeness (QED) is 0.723. The summed E-state index contributed by atoms with van der Waals surface area (Å²) in [6, 6.07) is 14.2.